The van der Waals surface area contributed by atoms with Crippen molar-refractivity contribution in [3.05, 3.63) is 83.3 Å². The predicted molar refractivity (Wildman–Crippen MR) is 114 cm³/mol. The summed E-state index contributed by atoms with van der Waals surface area (Å²) in [4.78, 5) is 30.6. The molecule has 158 valence electrons. The molecular formula is C23H19ClFN3O3. The van der Waals surface area contributed by atoms with Crippen LogP contribution in [-0.4, -0.2) is 23.3 Å². The Morgan fingerprint density at radius 1 is 1.19 bits per heavy atom. The third kappa shape index (κ3) is 5.19. The Labute approximate surface area is 183 Å². The molecular weight excluding hydrogens is 421 g/mol. The Morgan fingerprint density at radius 2 is 2.00 bits per heavy atom. The summed E-state index contributed by atoms with van der Waals surface area (Å²) in [5.74, 6) is -0.429. The molecule has 1 fully saturated rings. The van der Waals surface area contributed by atoms with Gasteiger partial charge in [0.2, 0.25) is 17.7 Å². The van der Waals surface area contributed by atoms with Crippen LogP contribution in [0.5, 0.6) is 11.6 Å². The van der Waals surface area contributed by atoms with E-state index in [0.29, 0.717) is 23.2 Å². The summed E-state index contributed by atoms with van der Waals surface area (Å²) < 4.78 is 18.7. The quantitative estimate of drug-likeness (QED) is 0.620. The number of halogens is 2. The highest BCUT2D eigenvalue weighted by Crippen LogP contribution is 2.26. The first-order valence-electron chi connectivity index (χ1n) is 9.70. The number of nitrogens with zero attached hydrogens (tertiary/aromatic N) is 2. The van der Waals surface area contributed by atoms with E-state index in [0.717, 1.165) is 11.3 Å². The van der Waals surface area contributed by atoms with Crippen LogP contribution in [0.1, 0.15) is 12.0 Å². The molecule has 0 spiro atoms. The summed E-state index contributed by atoms with van der Waals surface area (Å²) in [5, 5.41) is 3.44. The van der Waals surface area contributed by atoms with Gasteiger partial charge in [0.15, 0.2) is 0 Å². The van der Waals surface area contributed by atoms with Crippen molar-refractivity contribution < 1.29 is 18.7 Å². The number of nitrogens with one attached hydrogen (secondary N) is 1. The second kappa shape index (κ2) is 9.14. The highest BCUT2D eigenvalue weighted by Gasteiger charge is 2.34. The molecule has 0 bridgehead atoms. The molecule has 6 nitrogen and oxygen atoms in total. The number of rotatable bonds is 6. The smallest absolute Gasteiger partial charge is 0.227 e. The lowest BCUT2D eigenvalue weighted by Gasteiger charge is -2.16. The van der Waals surface area contributed by atoms with Crippen molar-refractivity contribution in [3.63, 3.8) is 0 Å². The van der Waals surface area contributed by atoms with Gasteiger partial charge in [0.05, 0.1) is 5.92 Å². The maximum Gasteiger partial charge on any atom is 0.227 e. The third-order valence-corrected chi connectivity index (χ3v) is 5.17. The van der Waals surface area contributed by atoms with Gasteiger partial charge in [-0.05, 0) is 42.0 Å². The zero-order valence-corrected chi connectivity index (χ0v) is 17.2. The van der Waals surface area contributed by atoms with Crippen LogP contribution >= 0.6 is 11.6 Å². The molecule has 0 saturated carbocycles. The van der Waals surface area contributed by atoms with E-state index in [-0.39, 0.29) is 24.8 Å². The van der Waals surface area contributed by atoms with E-state index in [1.165, 1.54) is 12.1 Å². The molecule has 31 heavy (non-hydrogen) atoms. The molecule has 1 aliphatic heterocycles. The van der Waals surface area contributed by atoms with E-state index in [2.05, 4.69) is 10.3 Å². The third-order valence-electron chi connectivity index (χ3n) is 4.92. The molecule has 0 radical (unpaired) electrons. The Morgan fingerprint density at radius 3 is 2.71 bits per heavy atom. The van der Waals surface area contributed by atoms with E-state index in [4.69, 9.17) is 16.3 Å². The Balaban J connectivity index is 1.30. The largest absolute Gasteiger partial charge is 0.439 e. The van der Waals surface area contributed by atoms with E-state index in [9.17, 15) is 14.0 Å². The molecule has 0 aliphatic carbocycles. The monoisotopic (exact) mass is 439 g/mol. The molecule has 1 aromatic heterocycles. The van der Waals surface area contributed by atoms with Gasteiger partial charge in [-0.2, -0.15) is 0 Å². The van der Waals surface area contributed by atoms with Crippen LogP contribution in [0.3, 0.4) is 0 Å². The summed E-state index contributed by atoms with van der Waals surface area (Å²) in [6.45, 7) is 0.600. The van der Waals surface area contributed by atoms with E-state index in [1.807, 2.05) is 0 Å². The van der Waals surface area contributed by atoms with Crippen molar-refractivity contribution in [1.29, 1.82) is 0 Å². The second-order valence-electron chi connectivity index (χ2n) is 7.16. The molecule has 2 heterocycles. The molecule has 1 atom stereocenters. The Hall–Kier alpha value is -3.45. The van der Waals surface area contributed by atoms with Gasteiger partial charge in [0, 0.05) is 48.5 Å². The first kappa shape index (κ1) is 20.8. The molecule has 1 aliphatic rings. The van der Waals surface area contributed by atoms with Gasteiger partial charge in [-0.3, -0.25) is 9.59 Å². The van der Waals surface area contributed by atoms with Crippen molar-refractivity contribution >= 4 is 29.1 Å². The number of ether oxygens (including phenoxy) is 1. The fraction of sp³-hybridized carbons (Fsp3) is 0.174. The van der Waals surface area contributed by atoms with Gasteiger partial charge in [-0.1, -0.05) is 23.7 Å². The lowest BCUT2D eigenvalue weighted by atomic mass is 10.1. The SMILES string of the molecule is O=C(NCc1ccc(Oc2cccc(F)c2)nc1)C1CC(=O)N(c2ccc(Cl)cc2)C1. The zero-order valence-electron chi connectivity index (χ0n) is 16.4. The standard InChI is InChI=1S/C23H19ClFN3O3/c24-17-5-7-19(8-6-17)28-14-16(10-22(28)29)23(30)27-13-15-4-9-21(26-12-15)31-20-3-1-2-18(25)11-20/h1-9,11-12,16H,10,13-14H2,(H,27,30). The lowest BCUT2D eigenvalue weighted by molar-refractivity contribution is -0.126. The van der Waals surface area contributed by atoms with Crippen molar-refractivity contribution in [2.75, 3.05) is 11.4 Å². The number of benzene rings is 2. The molecule has 1 saturated heterocycles. The second-order valence-corrected chi connectivity index (χ2v) is 7.60. The van der Waals surface area contributed by atoms with E-state index < -0.39 is 11.7 Å². The van der Waals surface area contributed by atoms with Crippen molar-refractivity contribution in [2.24, 2.45) is 5.92 Å². The van der Waals surface area contributed by atoms with Gasteiger partial charge < -0.3 is 15.0 Å². The molecule has 1 unspecified atom stereocenters. The molecule has 4 rings (SSSR count). The molecule has 8 heteroatoms. The molecule has 3 aromatic rings. The van der Waals surface area contributed by atoms with Gasteiger partial charge >= 0.3 is 0 Å². The minimum Gasteiger partial charge on any atom is -0.439 e. The van der Waals surface area contributed by atoms with Crippen LogP contribution in [0.15, 0.2) is 66.9 Å². The zero-order chi connectivity index (χ0) is 21.8. The number of hydrogen-bond acceptors (Lipinski definition) is 4. The number of carbonyl (C=O) groups excluding carboxylic acids is 2. The lowest BCUT2D eigenvalue weighted by Crippen LogP contribution is -2.32. The minimum atomic E-state index is -0.424. The summed E-state index contributed by atoms with van der Waals surface area (Å²) in [7, 11) is 0. The highest BCUT2D eigenvalue weighted by molar-refractivity contribution is 6.30. The normalized spacial score (nSPS) is 15.7. The molecule has 2 amide bonds. The highest BCUT2D eigenvalue weighted by atomic mass is 35.5. The van der Waals surface area contributed by atoms with Crippen molar-refractivity contribution in [2.45, 2.75) is 13.0 Å². The Kier molecular flexibility index (Phi) is 6.13. The summed E-state index contributed by atoms with van der Waals surface area (Å²) in [6, 6.07) is 16.2. The topological polar surface area (TPSA) is 71.5 Å². The number of hydrogen-bond donors (Lipinski definition) is 1. The van der Waals surface area contributed by atoms with E-state index in [1.54, 1.807) is 59.6 Å². The maximum absolute atomic E-state index is 13.2. The van der Waals surface area contributed by atoms with Crippen LogP contribution in [0.2, 0.25) is 5.02 Å². The average Bonchev–Trinajstić information content (AvgIpc) is 3.15. The van der Waals surface area contributed by atoms with Crippen molar-refractivity contribution in [1.82, 2.24) is 10.3 Å². The number of amides is 2. The minimum absolute atomic E-state index is 0.0945. The molecule has 1 N–H and O–H groups in total. The number of carbonyl (C=O) groups is 2. The van der Waals surface area contributed by atoms with Gasteiger partial charge in [0.25, 0.3) is 0 Å². The van der Waals surface area contributed by atoms with Gasteiger partial charge in [0.1, 0.15) is 11.6 Å². The van der Waals surface area contributed by atoms with Crippen LogP contribution in [0, 0.1) is 11.7 Å². The summed E-state index contributed by atoms with van der Waals surface area (Å²) in [6.07, 6.45) is 1.74. The van der Waals surface area contributed by atoms with Crippen LogP contribution in [-0.2, 0) is 16.1 Å². The maximum atomic E-state index is 13.2. The number of anilines is 1. The first-order chi connectivity index (χ1) is 15.0. The van der Waals surface area contributed by atoms with Crippen LogP contribution < -0.4 is 15.0 Å². The van der Waals surface area contributed by atoms with Crippen molar-refractivity contribution in [3.8, 4) is 11.6 Å². The summed E-state index contributed by atoms with van der Waals surface area (Å²) in [5.41, 5.74) is 1.50. The predicted octanol–water partition coefficient (Wildman–Crippen LogP) is 4.34. The Bertz CT molecular complexity index is 1090. The van der Waals surface area contributed by atoms with E-state index >= 15 is 0 Å². The molecule has 2 aromatic carbocycles. The summed E-state index contributed by atoms with van der Waals surface area (Å²) >= 11 is 5.89. The first-order valence-corrected chi connectivity index (χ1v) is 10.1. The fourth-order valence-corrected chi connectivity index (χ4v) is 3.44. The van der Waals surface area contributed by atoms with Gasteiger partial charge in [-0.15, -0.1) is 0 Å². The van der Waals surface area contributed by atoms with Gasteiger partial charge in [-0.25, -0.2) is 9.37 Å². The average molecular weight is 440 g/mol. The number of pyridine rings is 1. The van der Waals surface area contributed by atoms with Crippen LogP contribution in [0.4, 0.5) is 10.1 Å². The number of aromatic nitrogens is 1. The van der Waals surface area contributed by atoms with Crippen LogP contribution in [0.25, 0.3) is 0 Å². The fourth-order valence-electron chi connectivity index (χ4n) is 3.31.